The van der Waals surface area contributed by atoms with Crippen LogP contribution in [0.5, 0.6) is 0 Å². The van der Waals surface area contributed by atoms with Crippen LogP contribution in [0.25, 0.3) is 17.2 Å². The van der Waals surface area contributed by atoms with Crippen molar-refractivity contribution < 1.29 is 9.18 Å². The molecule has 3 heterocycles. The molecule has 3 N–H and O–H groups in total. The number of primary amides is 1. The van der Waals surface area contributed by atoms with Crippen LogP contribution in [0.15, 0.2) is 53.6 Å². The van der Waals surface area contributed by atoms with Crippen molar-refractivity contribution >= 4 is 11.9 Å². The summed E-state index contributed by atoms with van der Waals surface area (Å²) in [6.45, 7) is 0. The van der Waals surface area contributed by atoms with Crippen LogP contribution in [0, 0.1) is 11.7 Å². The molecule has 0 unspecified atom stereocenters. The lowest BCUT2D eigenvalue weighted by Crippen LogP contribution is -2.32. The van der Waals surface area contributed by atoms with E-state index in [1.807, 2.05) is 0 Å². The molecular formula is C21H21FN6O2. The molecule has 154 valence electrons. The number of pyridine rings is 2. The van der Waals surface area contributed by atoms with Crippen molar-refractivity contribution in [2.45, 2.75) is 31.7 Å². The van der Waals surface area contributed by atoms with E-state index in [0.717, 1.165) is 19.0 Å². The van der Waals surface area contributed by atoms with Crippen LogP contribution in [0.2, 0.25) is 0 Å². The van der Waals surface area contributed by atoms with Crippen molar-refractivity contribution in [1.82, 2.24) is 19.5 Å². The summed E-state index contributed by atoms with van der Waals surface area (Å²) in [6, 6.07) is 9.86. The van der Waals surface area contributed by atoms with Gasteiger partial charge in [-0.15, -0.1) is 0 Å². The molecule has 3 aromatic rings. The third kappa shape index (κ3) is 4.19. The molecule has 0 bridgehead atoms. The molecule has 0 spiro atoms. The Morgan fingerprint density at radius 3 is 2.63 bits per heavy atom. The monoisotopic (exact) mass is 408 g/mol. The fourth-order valence-electron chi connectivity index (χ4n) is 3.63. The Labute approximate surface area is 172 Å². The number of carbonyl (C=O) groups excluding carboxylic acids is 1. The molecule has 1 amide bonds. The van der Waals surface area contributed by atoms with Gasteiger partial charge in [0.05, 0.1) is 11.9 Å². The van der Waals surface area contributed by atoms with Crippen LogP contribution in [-0.4, -0.2) is 31.5 Å². The number of amides is 1. The SMILES string of the molecule is NC(=O)C1CCC(Nc2ncc(F)c(-c3cccc(-n4ccccc4=O)n3)n2)CC1. The molecule has 30 heavy (non-hydrogen) atoms. The standard InChI is InChI=1S/C21H21FN6O2/c22-15-12-24-21(25-14-9-7-13(8-10-14)20(23)30)27-19(15)16-4-3-5-17(26-16)28-11-2-1-6-18(28)29/h1-6,11-14H,7-10H2,(H2,23,30)(H,24,25,27). The number of hydrogen-bond acceptors (Lipinski definition) is 6. The Morgan fingerprint density at radius 2 is 1.90 bits per heavy atom. The maximum Gasteiger partial charge on any atom is 0.256 e. The molecular weight excluding hydrogens is 387 g/mol. The molecule has 4 rings (SSSR count). The van der Waals surface area contributed by atoms with E-state index in [4.69, 9.17) is 5.73 Å². The van der Waals surface area contributed by atoms with Crippen molar-refractivity contribution in [2.75, 3.05) is 5.32 Å². The fraction of sp³-hybridized carbons (Fsp3) is 0.286. The van der Waals surface area contributed by atoms with E-state index >= 15 is 0 Å². The topological polar surface area (TPSA) is 116 Å². The number of aromatic nitrogens is 4. The van der Waals surface area contributed by atoms with Crippen molar-refractivity contribution in [3.63, 3.8) is 0 Å². The Morgan fingerprint density at radius 1 is 1.10 bits per heavy atom. The predicted octanol–water partition coefficient (Wildman–Crippen LogP) is 2.28. The second kappa shape index (κ2) is 8.40. The van der Waals surface area contributed by atoms with Crippen LogP contribution in [0.3, 0.4) is 0 Å². The van der Waals surface area contributed by atoms with E-state index in [-0.39, 0.29) is 35.1 Å². The average molecular weight is 408 g/mol. The minimum Gasteiger partial charge on any atom is -0.369 e. The zero-order chi connectivity index (χ0) is 21.1. The summed E-state index contributed by atoms with van der Waals surface area (Å²) in [5.74, 6) is -0.310. The number of carbonyl (C=O) groups is 1. The molecule has 9 heteroatoms. The van der Waals surface area contributed by atoms with Crippen molar-refractivity contribution in [3.8, 4) is 17.2 Å². The molecule has 0 radical (unpaired) electrons. The first kappa shape index (κ1) is 19.7. The third-order valence-corrected chi connectivity index (χ3v) is 5.25. The zero-order valence-corrected chi connectivity index (χ0v) is 16.2. The molecule has 0 saturated heterocycles. The number of nitrogens with one attached hydrogen (secondary N) is 1. The average Bonchev–Trinajstić information content (AvgIpc) is 2.76. The minimum atomic E-state index is -0.608. The predicted molar refractivity (Wildman–Crippen MR) is 109 cm³/mol. The van der Waals surface area contributed by atoms with Gasteiger partial charge in [0, 0.05) is 24.2 Å². The van der Waals surface area contributed by atoms with Gasteiger partial charge in [-0.25, -0.2) is 19.3 Å². The number of nitrogens with two attached hydrogens (primary N) is 1. The molecule has 1 aliphatic rings. The summed E-state index contributed by atoms with van der Waals surface area (Å²) in [5.41, 5.74) is 5.48. The van der Waals surface area contributed by atoms with E-state index in [2.05, 4.69) is 20.3 Å². The van der Waals surface area contributed by atoms with E-state index in [1.54, 1.807) is 36.5 Å². The van der Waals surface area contributed by atoms with Gasteiger partial charge in [0.25, 0.3) is 5.56 Å². The number of halogens is 1. The van der Waals surface area contributed by atoms with Crippen LogP contribution < -0.4 is 16.6 Å². The Kier molecular flexibility index (Phi) is 5.51. The first-order valence-electron chi connectivity index (χ1n) is 9.75. The lowest BCUT2D eigenvalue weighted by molar-refractivity contribution is -0.122. The summed E-state index contributed by atoms with van der Waals surface area (Å²) >= 11 is 0. The number of nitrogens with zero attached hydrogens (tertiary/aromatic N) is 4. The van der Waals surface area contributed by atoms with Crippen molar-refractivity contribution in [1.29, 1.82) is 0 Å². The van der Waals surface area contributed by atoms with E-state index < -0.39 is 5.82 Å². The van der Waals surface area contributed by atoms with Gasteiger partial charge in [-0.05, 0) is 43.9 Å². The zero-order valence-electron chi connectivity index (χ0n) is 16.2. The largest absolute Gasteiger partial charge is 0.369 e. The number of hydrogen-bond donors (Lipinski definition) is 2. The summed E-state index contributed by atoms with van der Waals surface area (Å²) in [6.07, 6.45) is 5.62. The first-order valence-corrected chi connectivity index (χ1v) is 9.75. The molecule has 0 aliphatic heterocycles. The number of anilines is 1. The van der Waals surface area contributed by atoms with Crippen molar-refractivity contribution in [3.05, 3.63) is 65.0 Å². The van der Waals surface area contributed by atoms with Crippen LogP contribution in [-0.2, 0) is 4.79 Å². The van der Waals surface area contributed by atoms with E-state index in [1.165, 1.54) is 10.6 Å². The van der Waals surface area contributed by atoms with E-state index in [0.29, 0.717) is 24.4 Å². The van der Waals surface area contributed by atoms with Gasteiger partial charge in [0.1, 0.15) is 11.5 Å². The molecule has 0 aromatic carbocycles. The van der Waals surface area contributed by atoms with Gasteiger partial charge in [0.15, 0.2) is 5.82 Å². The summed E-state index contributed by atoms with van der Waals surface area (Å²) < 4.78 is 15.8. The van der Waals surface area contributed by atoms with Gasteiger partial charge < -0.3 is 11.1 Å². The normalized spacial score (nSPS) is 18.7. The van der Waals surface area contributed by atoms with Crippen molar-refractivity contribution in [2.24, 2.45) is 11.7 Å². The van der Waals surface area contributed by atoms with Crippen LogP contribution in [0.4, 0.5) is 10.3 Å². The molecule has 0 atom stereocenters. The van der Waals surface area contributed by atoms with Crippen LogP contribution >= 0.6 is 0 Å². The Bertz CT molecular complexity index is 1120. The summed E-state index contributed by atoms with van der Waals surface area (Å²) in [4.78, 5) is 36.1. The van der Waals surface area contributed by atoms with Gasteiger partial charge >= 0.3 is 0 Å². The summed E-state index contributed by atoms with van der Waals surface area (Å²) in [7, 11) is 0. The maximum absolute atomic E-state index is 14.5. The van der Waals surface area contributed by atoms with Gasteiger partial charge in [-0.3, -0.25) is 14.2 Å². The Balaban J connectivity index is 1.57. The highest BCUT2D eigenvalue weighted by molar-refractivity contribution is 5.76. The molecule has 1 fully saturated rings. The Hall–Kier alpha value is -3.62. The highest BCUT2D eigenvalue weighted by Gasteiger charge is 2.25. The first-order chi connectivity index (χ1) is 14.5. The second-order valence-corrected chi connectivity index (χ2v) is 7.28. The van der Waals surface area contributed by atoms with Gasteiger partial charge in [0.2, 0.25) is 11.9 Å². The fourth-order valence-corrected chi connectivity index (χ4v) is 3.63. The van der Waals surface area contributed by atoms with Gasteiger partial charge in [-0.1, -0.05) is 12.1 Å². The third-order valence-electron chi connectivity index (χ3n) is 5.25. The highest BCUT2D eigenvalue weighted by Crippen LogP contribution is 2.26. The van der Waals surface area contributed by atoms with Crippen LogP contribution in [0.1, 0.15) is 25.7 Å². The lowest BCUT2D eigenvalue weighted by Gasteiger charge is -2.27. The maximum atomic E-state index is 14.5. The summed E-state index contributed by atoms with van der Waals surface area (Å²) in [5, 5.41) is 3.21. The molecule has 8 nitrogen and oxygen atoms in total. The number of rotatable bonds is 5. The molecule has 3 aromatic heterocycles. The quantitative estimate of drug-likeness (QED) is 0.669. The highest BCUT2D eigenvalue weighted by atomic mass is 19.1. The smallest absolute Gasteiger partial charge is 0.256 e. The van der Waals surface area contributed by atoms with Gasteiger partial charge in [-0.2, -0.15) is 0 Å². The minimum absolute atomic E-state index is 0.0455. The molecule has 1 saturated carbocycles. The molecule has 1 aliphatic carbocycles. The van der Waals surface area contributed by atoms with E-state index in [9.17, 15) is 14.0 Å². The second-order valence-electron chi connectivity index (χ2n) is 7.28. The lowest BCUT2D eigenvalue weighted by atomic mass is 9.86.